The molecule has 142 valence electrons. The first-order valence-electron chi connectivity index (χ1n) is 9.52. The van der Waals surface area contributed by atoms with Crippen molar-refractivity contribution in [3.05, 3.63) is 29.8 Å². The number of esters is 1. The molecule has 0 radical (unpaired) electrons. The van der Waals surface area contributed by atoms with Gasteiger partial charge in [-0.3, -0.25) is 0 Å². The number of carbonyl (C=O) groups is 1. The van der Waals surface area contributed by atoms with Gasteiger partial charge in [0.05, 0.1) is 12.7 Å². The van der Waals surface area contributed by atoms with Gasteiger partial charge in [0.15, 0.2) is 0 Å². The molecule has 1 aromatic carbocycles. The number of carbonyl (C=O) groups excluding carboxylic acids is 1. The summed E-state index contributed by atoms with van der Waals surface area (Å²) in [5.74, 6) is 1.17. The maximum atomic E-state index is 11.8. The predicted octanol–water partition coefficient (Wildman–Crippen LogP) is 6.44. The van der Waals surface area contributed by atoms with Crippen LogP contribution < -0.4 is 4.43 Å². The van der Waals surface area contributed by atoms with Crippen LogP contribution in [0.25, 0.3) is 0 Å². The quantitative estimate of drug-likeness (QED) is 0.354. The van der Waals surface area contributed by atoms with Gasteiger partial charge in [-0.1, -0.05) is 53.0 Å². The van der Waals surface area contributed by atoms with Crippen LogP contribution in [0.1, 0.15) is 70.2 Å². The fourth-order valence-corrected chi connectivity index (χ4v) is 5.61. The van der Waals surface area contributed by atoms with Crippen molar-refractivity contribution in [2.45, 2.75) is 77.9 Å². The summed E-state index contributed by atoms with van der Waals surface area (Å²) in [7, 11) is -0.617. The monoisotopic (exact) mass is 364 g/mol. The number of hydrogen-bond acceptors (Lipinski definition) is 3. The van der Waals surface area contributed by atoms with Crippen LogP contribution >= 0.6 is 0 Å². The SMILES string of the molecule is CCCCC(C)(CCC(C)C)[Si](C)(C)Oc1cccc(C(=O)OC)c1. The van der Waals surface area contributed by atoms with Gasteiger partial charge in [0.1, 0.15) is 5.75 Å². The number of unbranched alkanes of at least 4 members (excludes halogenated alkanes) is 1. The Balaban J connectivity index is 3.02. The first kappa shape index (κ1) is 21.7. The van der Waals surface area contributed by atoms with Gasteiger partial charge < -0.3 is 9.16 Å². The second-order valence-corrected chi connectivity index (χ2v) is 12.7. The van der Waals surface area contributed by atoms with Gasteiger partial charge in [-0.25, -0.2) is 4.79 Å². The molecule has 0 aromatic heterocycles. The zero-order valence-corrected chi connectivity index (χ0v) is 18.1. The minimum Gasteiger partial charge on any atom is -0.543 e. The van der Waals surface area contributed by atoms with Crippen molar-refractivity contribution < 1.29 is 14.0 Å². The average molecular weight is 365 g/mol. The summed E-state index contributed by atoms with van der Waals surface area (Å²) in [6.07, 6.45) is 6.06. The third-order valence-electron chi connectivity index (χ3n) is 5.44. The first-order valence-corrected chi connectivity index (χ1v) is 12.4. The molecule has 1 rings (SSSR count). The topological polar surface area (TPSA) is 35.5 Å². The highest BCUT2D eigenvalue weighted by molar-refractivity contribution is 6.75. The summed E-state index contributed by atoms with van der Waals surface area (Å²) in [5.41, 5.74) is 0.544. The second-order valence-electron chi connectivity index (χ2n) is 8.23. The Kier molecular flexibility index (Phi) is 8.19. The third kappa shape index (κ3) is 6.18. The van der Waals surface area contributed by atoms with E-state index in [0.717, 1.165) is 5.75 Å². The van der Waals surface area contributed by atoms with E-state index >= 15 is 0 Å². The lowest BCUT2D eigenvalue weighted by atomic mass is 9.94. The highest BCUT2D eigenvalue weighted by Crippen LogP contribution is 2.48. The van der Waals surface area contributed by atoms with E-state index in [-0.39, 0.29) is 11.0 Å². The van der Waals surface area contributed by atoms with Crippen LogP contribution in [0.3, 0.4) is 0 Å². The summed E-state index contributed by atoms with van der Waals surface area (Å²) in [5, 5.41) is 0.217. The van der Waals surface area contributed by atoms with E-state index in [1.54, 1.807) is 6.07 Å². The van der Waals surface area contributed by atoms with Gasteiger partial charge >= 0.3 is 5.97 Å². The maximum Gasteiger partial charge on any atom is 0.337 e. The normalized spacial score (nSPS) is 14.2. The highest BCUT2D eigenvalue weighted by atomic mass is 28.4. The van der Waals surface area contributed by atoms with E-state index in [2.05, 4.69) is 40.8 Å². The van der Waals surface area contributed by atoms with Crippen LogP contribution in [-0.4, -0.2) is 21.4 Å². The number of methoxy groups -OCH3 is 1. The molecular weight excluding hydrogens is 328 g/mol. The van der Waals surface area contributed by atoms with E-state index in [1.807, 2.05) is 18.2 Å². The Hall–Kier alpha value is -1.29. The second kappa shape index (κ2) is 9.42. The van der Waals surface area contributed by atoms with Crippen LogP contribution in [-0.2, 0) is 4.74 Å². The molecule has 0 aliphatic carbocycles. The predicted molar refractivity (Wildman–Crippen MR) is 108 cm³/mol. The molecule has 0 amide bonds. The zero-order chi connectivity index (χ0) is 19.1. The van der Waals surface area contributed by atoms with E-state index in [4.69, 9.17) is 9.16 Å². The molecule has 0 heterocycles. The molecule has 4 heteroatoms. The van der Waals surface area contributed by atoms with E-state index in [9.17, 15) is 4.79 Å². The minimum absolute atomic E-state index is 0.217. The molecular formula is C21H36O3Si. The third-order valence-corrected chi connectivity index (χ3v) is 9.59. The highest BCUT2D eigenvalue weighted by Gasteiger charge is 2.45. The van der Waals surface area contributed by atoms with Crippen LogP contribution in [0.2, 0.25) is 18.1 Å². The van der Waals surface area contributed by atoms with Gasteiger partial charge in [-0.05, 0) is 55.1 Å². The van der Waals surface area contributed by atoms with Gasteiger partial charge in [-0.15, -0.1) is 0 Å². The molecule has 1 atom stereocenters. The van der Waals surface area contributed by atoms with Crippen molar-refractivity contribution in [3.8, 4) is 5.75 Å². The standard InChI is InChI=1S/C21H36O3Si/c1-8-9-14-21(4,15-13-17(2)3)25(6,7)24-19-12-10-11-18(16-19)20(22)23-5/h10-12,16-17H,8-9,13-15H2,1-7H3. The minimum atomic E-state index is -2.02. The molecule has 0 aliphatic rings. The largest absolute Gasteiger partial charge is 0.543 e. The fourth-order valence-electron chi connectivity index (χ4n) is 3.12. The van der Waals surface area contributed by atoms with Gasteiger partial charge in [0.25, 0.3) is 8.32 Å². The summed E-state index contributed by atoms with van der Waals surface area (Å²) < 4.78 is 11.4. The molecule has 1 unspecified atom stereocenters. The number of ether oxygens (including phenoxy) is 1. The molecule has 3 nitrogen and oxygen atoms in total. The number of hydrogen-bond donors (Lipinski definition) is 0. The van der Waals surface area contributed by atoms with Crippen molar-refractivity contribution in [1.82, 2.24) is 0 Å². The van der Waals surface area contributed by atoms with Gasteiger partial charge in [-0.2, -0.15) is 0 Å². The molecule has 1 aromatic rings. The van der Waals surface area contributed by atoms with E-state index in [1.165, 1.54) is 39.2 Å². The molecule has 0 N–H and O–H groups in total. The Morgan fingerprint density at radius 3 is 2.48 bits per heavy atom. The number of rotatable bonds is 10. The van der Waals surface area contributed by atoms with Crippen molar-refractivity contribution in [2.75, 3.05) is 7.11 Å². The zero-order valence-electron chi connectivity index (χ0n) is 17.1. The van der Waals surface area contributed by atoms with Gasteiger partial charge in [0, 0.05) is 0 Å². The van der Waals surface area contributed by atoms with Crippen molar-refractivity contribution in [2.24, 2.45) is 5.92 Å². The van der Waals surface area contributed by atoms with Crippen molar-refractivity contribution >= 4 is 14.3 Å². The van der Waals surface area contributed by atoms with Crippen LogP contribution in [0.4, 0.5) is 0 Å². The van der Waals surface area contributed by atoms with Gasteiger partial charge in [0.2, 0.25) is 0 Å². The summed E-state index contributed by atoms with van der Waals surface area (Å²) in [6, 6.07) is 7.39. The molecule has 0 fully saturated rings. The molecule has 0 bridgehead atoms. The Morgan fingerprint density at radius 1 is 1.24 bits per heavy atom. The Labute approximate surface area is 155 Å². The lowest BCUT2D eigenvalue weighted by Crippen LogP contribution is -2.47. The summed E-state index contributed by atoms with van der Waals surface area (Å²) >= 11 is 0. The molecule has 25 heavy (non-hydrogen) atoms. The maximum absolute atomic E-state index is 11.8. The molecule has 0 aliphatic heterocycles. The summed E-state index contributed by atoms with van der Waals surface area (Å²) in [6.45, 7) is 13.9. The fraction of sp³-hybridized carbons (Fsp3) is 0.667. The summed E-state index contributed by atoms with van der Waals surface area (Å²) in [4.78, 5) is 11.8. The molecule has 0 spiro atoms. The van der Waals surface area contributed by atoms with Crippen molar-refractivity contribution in [3.63, 3.8) is 0 Å². The van der Waals surface area contributed by atoms with E-state index in [0.29, 0.717) is 11.5 Å². The average Bonchev–Trinajstić information content (AvgIpc) is 2.57. The number of benzene rings is 1. The Bertz CT molecular complexity index is 554. The lowest BCUT2D eigenvalue weighted by Gasteiger charge is -2.43. The molecule has 0 saturated heterocycles. The van der Waals surface area contributed by atoms with Crippen molar-refractivity contribution in [1.29, 1.82) is 0 Å². The molecule has 0 saturated carbocycles. The van der Waals surface area contributed by atoms with Crippen LogP contribution in [0, 0.1) is 5.92 Å². The van der Waals surface area contributed by atoms with Crippen LogP contribution in [0.15, 0.2) is 24.3 Å². The van der Waals surface area contributed by atoms with E-state index < -0.39 is 8.32 Å². The smallest absolute Gasteiger partial charge is 0.337 e. The first-order chi connectivity index (χ1) is 11.6. The Morgan fingerprint density at radius 2 is 1.92 bits per heavy atom. The lowest BCUT2D eigenvalue weighted by molar-refractivity contribution is 0.0600. The van der Waals surface area contributed by atoms with Crippen LogP contribution in [0.5, 0.6) is 5.75 Å².